The summed E-state index contributed by atoms with van der Waals surface area (Å²) in [6.45, 7) is 6.46. The molecule has 3 heterocycles. The summed E-state index contributed by atoms with van der Waals surface area (Å²) in [4.78, 5) is 31.0. The van der Waals surface area contributed by atoms with Gasteiger partial charge < -0.3 is 14.7 Å². The zero-order valence-electron chi connectivity index (χ0n) is 26.2. The van der Waals surface area contributed by atoms with Gasteiger partial charge in [0, 0.05) is 62.6 Å². The molecule has 1 aromatic heterocycles. The van der Waals surface area contributed by atoms with Crippen LogP contribution < -0.4 is 0 Å². The first-order chi connectivity index (χ1) is 22.1. The Morgan fingerprint density at radius 3 is 2.15 bits per heavy atom. The third kappa shape index (κ3) is 8.67. The number of alkyl halides is 6. The van der Waals surface area contributed by atoms with Gasteiger partial charge in [0.1, 0.15) is 0 Å². The zero-order valence-corrected chi connectivity index (χ0v) is 27.0. The molecule has 0 saturated carbocycles. The Balaban J connectivity index is 0.00000520. The number of hydrogen-bond acceptors (Lipinski definition) is 6. The van der Waals surface area contributed by atoms with Gasteiger partial charge in [0.25, 0.3) is 5.91 Å². The largest absolute Gasteiger partial charge is 0.479 e. The predicted octanol–water partition coefficient (Wildman–Crippen LogP) is 5.44. The van der Waals surface area contributed by atoms with E-state index in [1.807, 2.05) is 36.9 Å². The lowest BCUT2D eigenvalue weighted by molar-refractivity contribution is -0.150. The van der Waals surface area contributed by atoms with Crippen molar-refractivity contribution in [1.29, 1.82) is 0 Å². The van der Waals surface area contributed by atoms with Crippen LogP contribution in [0.4, 0.5) is 26.3 Å². The van der Waals surface area contributed by atoms with Crippen molar-refractivity contribution in [2.45, 2.75) is 51.4 Å². The average Bonchev–Trinajstić information content (AvgIpc) is 3.45. The van der Waals surface area contributed by atoms with E-state index in [2.05, 4.69) is 5.10 Å². The number of ether oxygens (including phenoxy) is 1. The van der Waals surface area contributed by atoms with E-state index in [0.29, 0.717) is 57.0 Å². The Morgan fingerprint density at radius 2 is 1.56 bits per heavy atom. The van der Waals surface area contributed by atoms with Crippen LogP contribution in [0.2, 0.25) is 0 Å². The van der Waals surface area contributed by atoms with Gasteiger partial charge in [-0.1, -0.05) is 18.2 Å². The molecule has 262 valence electrons. The number of piperazine rings is 1. The molecule has 1 N–H and O–H groups in total. The van der Waals surface area contributed by atoms with Gasteiger partial charge in [-0.3, -0.25) is 14.6 Å². The summed E-state index contributed by atoms with van der Waals surface area (Å²) in [6.07, 6.45) is -7.67. The molecule has 2 atom stereocenters. The highest BCUT2D eigenvalue weighted by Gasteiger charge is 2.39. The number of aliphatic carboxylic acids is 1. The van der Waals surface area contributed by atoms with Gasteiger partial charge in [0.05, 0.1) is 30.5 Å². The maximum Gasteiger partial charge on any atom is 0.416 e. The standard InChI is InChI=1S/C32H35F6N5O4.ClH/c1-20-3-4-22(11-21(20)2)12-27-19-40(17-23-16-39-43(18-23)28(30(45)46)41-7-9-47-10-8-41)5-6-42(27)29(44)24-13-25(31(33,34)35)15-26(14-24)32(36,37)38;/h3-4,11,13-16,18,27-28H,5-10,12,17,19H2,1-2H3,(H,45,46);1H/t27-,28?;/m1./s1. The molecule has 3 aromatic rings. The Kier molecular flexibility index (Phi) is 11.5. The van der Waals surface area contributed by atoms with Gasteiger partial charge in [-0.05, 0) is 55.2 Å². The number of halogens is 7. The molecule has 0 bridgehead atoms. The van der Waals surface area contributed by atoms with Gasteiger partial charge in [0.15, 0.2) is 0 Å². The molecule has 16 heteroatoms. The quantitative estimate of drug-likeness (QED) is 0.313. The monoisotopic (exact) mass is 703 g/mol. The lowest BCUT2D eigenvalue weighted by atomic mass is 9.97. The molecule has 0 spiro atoms. The Hall–Kier alpha value is -3.66. The van der Waals surface area contributed by atoms with Crippen LogP contribution in [0, 0.1) is 13.8 Å². The van der Waals surface area contributed by atoms with E-state index in [1.54, 1.807) is 17.3 Å². The van der Waals surface area contributed by atoms with Crippen molar-refractivity contribution < 1.29 is 45.8 Å². The van der Waals surface area contributed by atoms with E-state index in [1.165, 1.54) is 9.58 Å². The van der Waals surface area contributed by atoms with E-state index >= 15 is 0 Å². The van der Waals surface area contributed by atoms with Crippen molar-refractivity contribution in [1.82, 2.24) is 24.5 Å². The van der Waals surface area contributed by atoms with Crippen LogP contribution in [0.1, 0.15) is 49.9 Å². The normalized spacial score (nSPS) is 18.8. The molecule has 2 aromatic carbocycles. The first-order valence-electron chi connectivity index (χ1n) is 15.1. The smallest absolute Gasteiger partial charge is 0.416 e. The van der Waals surface area contributed by atoms with Gasteiger partial charge in [-0.2, -0.15) is 31.4 Å². The number of amides is 1. The molecule has 2 aliphatic rings. The molecule has 9 nitrogen and oxygen atoms in total. The van der Waals surface area contributed by atoms with Gasteiger partial charge >= 0.3 is 18.3 Å². The Morgan fingerprint density at radius 1 is 0.917 bits per heavy atom. The molecule has 0 aliphatic carbocycles. The molecular weight excluding hydrogens is 668 g/mol. The second-order valence-electron chi connectivity index (χ2n) is 12.0. The summed E-state index contributed by atoms with van der Waals surface area (Å²) in [5, 5.41) is 14.2. The Labute approximate surface area is 279 Å². The summed E-state index contributed by atoms with van der Waals surface area (Å²) in [6, 6.07) is 6.12. The second kappa shape index (κ2) is 14.8. The molecular formula is C32H36ClF6N5O4. The van der Waals surface area contributed by atoms with Gasteiger partial charge in [0.2, 0.25) is 6.17 Å². The van der Waals surface area contributed by atoms with Crippen molar-refractivity contribution in [3.05, 3.63) is 87.7 Å². The zero-order chi connectivity index (χ0) is 34.1. The van der Waals surface area contributed by atoms with Crippen molar-refractivity contribution in [3.63, 3.8) is 0 Å². The number of nitrogens with zero attached hydrogens (tertiary/aromatic N) is 5. The summed E-state index contributed by atoms with van der Waals surface area (Å²) < 4.78 is 88.2. The lowest BCUT2D eigenvalue weighted by Gasteiger charge is -2.42. The lowest BCUT2D eigenvalue weighted by Crippen LogP contribution is -2.55. The van der Waals surface area contributed by atoms with Crippen LogP contribution in [-0.2, 0) is 34.8 Å². The van der Waals surface area contributed by atoms with Crippen LogP contribution in [0.5, 0.6) is 0 Å². The van der Waals surface area contributed by atoms with Gasteiger partial charge in [-0.15, -0.1) is 12.4 Å². The number of benzene rings is 2. The molecule has 1 unspecified atom stereocenters. The van der Waals surface area contributed by atoms with E-state index < -0.39 is 53.1 Å². The SMILES string of the molecule is Cc1ccc(C[C@@H]2CN(Cc3cnn(C(C(=O)O)N4CCOCC4)c3)CCN2C(=O)c2cc(C(F)(F)F)cc(C(F)(F)F)c2)cc1C.Cl. The summed E-state index contributed by atoms with van der Waals surface area (Å²) in [7, 11) is 0. The van der Waals surface area contributed by atoms with E-state index in [0.717, 1.165) is 16.7 Å². The summed E-state index contributed by atoms with van der Waals surface area (Å²) in [5.41, 5.74) is -0.162. The number of aryl methyl sites for hydroxylation is 2. The van der Waals surface area contributed by atoms with Crippen LogP contribution in [0.25, 0.3) is 0 Å². The van der Waals surface area contributed by atoms with Crippen molar-refractivity contribution in [3.8, 4) is 0 Å². The first-order valence-corrected chi connectivity index (χ1v) is 15.1. The van der Waals surface area contributed by atoms with E-state index in [4.69, 9.17) is 4.74 Å². The van der Waals surface area contributed by atoms with Crippen LogP contribution in [0.3, 0.4) is 0 Å². The number of carbonyl (C=O) groups is 2. The number of morpholine rings is 1. The predicted molar refractivity (Wildman–Crippen MR) is 165 cm³/mol. The molecule has 0 radical (unpaired) electrons. The maximum atomic E-state index is 13.7. The highest BCUT2D eigenvalue weighted by atomic mass is 35.5. The Bertz CT molecular complexity index is 1580. The highest BCUT2D eigenvalue weighted by Crippen LogP contribution is 2.37. The highest BCUT2D eigenvalue weighted by molar-refractivity contribution is 5.95. The van der Waals surface area contributed by atoms with Crippen LogP contribution in [-0.4, -0.2) is 93.4 Å². The van der Waals surface area contributed by atoms with Crippen molar-refractivity contribution in [2.24, 2.45) is 0 Å². The second-order valence-corrected chi connectivity index (χ2v) is 12.0. The minimum absolute atomic E-state index is 0. The first kappa shape index (κ1) is 37.2. The summed E-state index contributed by atoms with van der Waals surface area (Å²) >= 11 is 0. The summed E-state index contributed by atoms with van der Waals surface area (Å²) in [5.74, 6) is -1.98. The number of carboxylic acid groups (broad SMARTS) is 1. The van der Waals surface area contributed by atoms with Gasteiger partial charge in [-0.25, -0.2) is 9.48 Å². The minimum Gasteiger partial charge on any atom is -0.479 e. The van der Waals surface area contributed by atoms with Crippen LogP contribution in [0.15, 0.2) is 48.8 Å². The molecule has 5 rings (SSSR count). The average molecular weight is 704 g/mol. The molecule has 48 heavy (non-hydrogen) atoms. The number of carboxylic acids is 1. The number of aromatic nitrogens is 2. The fraction of sp³-hybridized carbons (Fsp3) is 0.469. The molecule has 1 amide bonds. The number of hydrogen-bond donors (Lipinski definition) is 1. The third-order valence-electron chi connectivity index (χ3n) is 8.63. The van der Waals surface area contributed by atoms with Crippen LogP contribution >= 0.6 is 12.4 Å². The third-order valence-corrected chi connectivity index (χ3v) is 8.63. The van der Waals surface area contributed by atoms with E-state index in [-0.39, 0.29) is 38.1 Å². The fourth-order valence-electron chi connectivity index (χ4n) is 6.06. The fourth-order valence-corrected chi connectivity index (χ4v) is 6.06. The number of carbonyl (C=O) groups excluding carboxylic acids is 1. The molecule has 2 fully saturated rings. The molecule has 2 aliphatic heterocycles. The maximum absolute atomic E-state index is 13.7. The van der Waals surface area contributed by atoms with Crippen molar-refractivity contribution in [2.75, 3.05) is 45.9 Å². The number of rotatable bonds is 8. The topological polar surface area (TPSA) is 91.1 Å². The van der Waals surface area contributed by atoms with E-state index in [9.17, 15) is 41.0 Å². The minimum atomic E-state index is -5.08. The molecule has 2 saturated heterocycles. The van der Waals surface area contributed by atoms with Crippen molar-refractivity contribution >= 4 is 24.3 Å².